The Morgan fingerprint density at radius 2 is 0.938 bits per heavy atom. The topological polar surface area (TPSA) is 12.9 Å². The Morgan fingerprint density at radius 3 is 1.45 bits per heavy atom. The lowest BCUT2D eigenvalue weighted by Gasteiger charge is -2.40. The Hall–Kier alpha value is -5.93. The van der Waals surface area contributed by atoms with Crippen LogP contribution in [-0.4, -0.2) is 19.4 Å². The van der Waals surface area contributed by atoms with Gasteiger partial charge in [-0.05, 0) is 132 Å². The van der Waals surface area contributed by atoms with Crippen LogP contribution in [0.25, 0.3) is 22.3 Å². The number of hydrogen-bond donors (Lipinski definition) is 0. The summed E-state index contributed by atoms with van der Waals surface area (Å²) < 4.78 is 8.26. The van der Waals surface area contributed by atoms with Crippen LogP contribution in [0, 0.1) is 6.92 Å². The first kappa shape index (κ1) is 42.0. The third-order valence-corrected chi connectivity index (χ3v) is 15.8. The van der Waals surface area contributed by atoms with E-state index >= 15 is 0 Å². The molecule has 3 heteroatoms. The molecular formula is C61H66N3+. The number of allylic oxidation sites excluding steroid dienone is 3. The third-order valence-electron chi connectivity index (χ3n) is 15.8. The van der Waals surface area contributed by atoms with Gasteiger partial charge in [-0.25, -0.2) is 0 Å². The van der Waals surface area contributed by atoms with Crippen molar-refractivity contribution in [3.05, 3.63) is 211 Å². The zero-order valence-corrected chi connectivity index (χ0v) is 39.8. The summed E-state index contributed by atoms with van der Waals surface area (Å²) in [6.07, 6.45) is 7.09. The van der Waals surface area contributed by atoms with E-state index in [1.807, 2.05) is 0 Å². The van der Waals surface area contributed by atoms with Gasteiger partial charge in [0.05, 0.1) is 33.2 Å². The second-order valence-corrected chi connectivity index (χ2v) is 19.6. The van der Waals surface area contributed by atoms with Crippen molar-refractivity contribution in [3.63, 3.8) is 0 Å². The van der Waals surface area contributed by atoms with Gasteiger partial charge in [0.1, 0.15) is 0 Å². The van der Waals surface area contributed by atoms with Gasteiger partial charge < -0.3 is 0 Å². The zero-order chi connectivity index (χ0) is 44.6. The molecule has 4 aliphatic heterocycles. The molecule has 0 bridgehead atoms. The molecule has 0 radical (unpaired) electrons. The standard InChI is InChI=1S/C61H66N3/c1-11-39(5)44-20-26-47(27-21-44)57-42(8)16-17-43(9)58(48-28-22-45(23-29-48)40(6)12-2)52-33-35-54-60(50-30-24-46(25-31-50)41(7)13-3)56-37-36-55-59(49-18-14-38(4)15-19-49)53-34-32-51(57)62(53)61(10,63(52)54)64(55)56/h14-15,18-35,39-41H,9,11-13,16-17,36-37H2,1-8,10H3/q+1/b57-42+,58-52+/t39?,40?,41?,61-/m0/s1. The van der Waals surface area contributed by atoms with E-state index in [4.69, 9.17) is 6.58 Å². The Labute approximate surface area is 382 Å². The third kappa shape index (κ3) is 6.47. The maximum atomic E-state index is 5.01. The van der Waals surface area contributed by atoms with E-state index in [0.717, 1.165) is 44.9 Å². The number of rotatable bonds is 10. The van der Waals surface area contributed by atoms with Crippen molar-refractivity contribution in [2.75, 3.05) is 0 Å². The molecule has 6 aromatic rings. The second-order valence-electron chi connectivity index (χ2n) is 19.6. The van der Waals surface area contributed by atoms with Gasteiger partial charge in [-0.2, -0.15) is 4.58 Å². The van der Waals surface area contributed by atoms with Gasteiger partial charge in [-0.3, -0.25) is 9.13 Å². The van der Waals surface area contributed by atoms with Gasteiger partial charge in [-0.1, -0.05) is 156 Å². The van der Waals surface area contributed by atoms with Crippen LogP contribution in [0.1, 0.15) is 174 Å². The van der Waals surface area contributed by atoms with Crippen molar-refractivity contribution < 1.29 is 4.58 Å². The maximum absolute atomic E-state index is 5.01. The first-order valence-corrected chi connectivity index (χ1v) is 24.3. The molecule has 10 rings (SSSR count). The first-order valence-electron chi connectivity index (χ1n) is 24.3. The van der Waals surface area contributed by atoms with Crippen LogP contribution in [0.15, 0.2) is 145 Å². The molecule has 2 aromatic heterocycles. The van der Waals surface area contributed by atoms with Crippen LogP contribution in [0.4, 0.5) is 0 Å². The van der Waals surface area contributed by atoms with E-state index in [1.165, 1.54) is 111 Å². The molecule has 0 fully saturated rings. The van der Waals surface area contributed by atoms with Crippen molar-refractivity contribution in [2.45, 2.75) is 131 Å². The summed E-state index contributed by atoms with van der Waals surface area (Å²) >= 11 is 0. The number of benzene rings is 4. The number of hydrogen-bond acceptors (Lipinski definition) is 0. The summed E-state index contributed by atoms with van der Waals surface area (Å²) in [6.45, 7) is 26.0. The van der Waals surface area contributed by atoms with E-state index in [0.29, 0.717) is 17.8 Å². The van der Waals surface area contributed by atoms with Crippen molar-refractivity contribution in [1.82, 2.24) is 9.13 Å². The molecule has 3 nitrogen and oxygen atoms in total. The Morgan fingerprint density at radius 1 is 0.500 bits per heavy atom. The molecule has 324 valence electrons. The van der Waals surface area contributed by atoms with Crippen molar-refractivity contribution >= 4 is 28.0 Å². The molecule has 0 spiro atoms. The smallest absolute Gasteiger partial charge is 0.261 e. The first-order chi connectivity index (χ1) is 31.0. The average molecular weight is 841 g/mol. The molecule has 0 saturated heterocycles. The van der Waals surface area contributed by atoms with Crippen LogP contribution in [0.2, 0.25) is 0 Å². The quantitative estimate of drug-likeness (QED) is 0.122. The molecule has 3 unspecified atom stereocenters. The molecule has 0 amide bonds. The van der Waals surface area contributed by atoms with Gasteiger partial charge in [0, 0.05) is 30.9 Å². The highest BCUT2D eigenvalue weighted by atomic mass is 15.5. The van der Waals surface area contributed by atoms with Gasteiger partial charge in [0.25, 0.3) is 0 Å². The summed E-state index contributed by atoms with van der Waals surface area (Å²) in [5.74, 6) is 0.882. The van der Waals surface area contributed by atoms with Crippen LogP contribution < -0.4 is 10.7 Å². The minimum Gasteiger partial charge on any atom is -0.261 e. The van der Waals surface area contributed by atoms with Crippen molar-refractivity contribution in [3.8, 4) is 0 Å². The Kier molecular flexibility index (Phi) is 10.7. The minimum atomic E-state index is -0.660. The maximum Gasteiger partial charge on any atom is 0.332 e. The second kappa shape index (κ2) is 16.3. The molecule has 0 aliphatic carbocycles. The van der Waals surface area contributed by atoms with Crippen LogP contribution >= 0.6 is 0 Å². The monoisotopic (exact) mass is 841 g/mol. The number of nitrogens with zero attached hydrogens (tertiary/aromatic N) is 3. The number of aromatic nitrogens is 2. The lowest BCUT2D eigenvalue weighted by atomic mass is 9.89. The van der Waals surface area contributed by atoms with Crippen LogP contribution in [-0.2, 0) is 5.79 Å². The van der Waals surface area contributed by atoms with E-state index < -0.39 is 5.79 Å². The van der Waals surface area contributed by atoms with Gasteiger partial charge >= 0.3 is 5.79 Å². The van der Waals surface area contributed by atoms with E-state index in [9.17, 15) is 0 Å². The van der Waals surface area contributed by atoms with Crippen LogP contribution in [0.5, 0.6) is 0 Å². The highest BCUT2D eigenvalue weighted by Crippen LogP contribution is 2.49. The zero-order valence-electron chi connectivity index (χ0n) is 39.8. The summed E-state index contributed by atoms with van der Waals surface area (Å²) in [4.78, 5) is 0. The molecule has 6 heterocycles. The fraction of sp³-hybridized carbons (Fsp3) is 0.328. The van der Waals surface area contributed by atoms with Crippen LogP contribution in [0.3, 0.4) is 0 Å². The Balaban J connectivity index is 1.36. The summed E-state index contributed by atoms with van der Waals surface area (Å²) in [5.41, 5.74) is 23.7. The molecule has 4 atom stereocenters. The van der Waals surface area contributed by atoms with E-state index in [1.54, 1.807) is 0 Å². The molecule has 64 heavy (non-hydrogen) atoms. The van der Waals surface area contributed by atoms with Crippen molar-refractivity contribution in [1.29, 1.82) is 0 Å². The highest BCUT2D eigenvalue weighted by Gasteiger charge is 2.57. The fourth-order valence-electron chi connectivity index (χ4n) is 11.5. The lowest BCUT2D eigenvalue weighted by molar-refractivity contribution is -0.601. The van der Waals surface area contributed by atoms with Gasteiger partial charge in [0.15, 0.2) is 11.4 Å². The van der Waals surface area contributed by atoms with E-state index in [2.05, 4.69) is 197 Å². The van der Waals surface area contributed by atoms with Crippen molar-refractivity contribution in [2.24, 2.45) is 0 Å². The minimum absolute atomic E-state index is 0.508. The normalized spacial score (nSPS) is 21.5. The predicted molar refractivity (Wildman–Crippen MR) is 269 cm³/mol. The molecule has 4 aliphatic rings. The predicted octanol–water partition coefficient (Wildman–Crippen LogP) is 13.9. The highest BCUT2D eigenvalue weighted by molar-refractivity contribution is 6.22. The average Bonchev–Trinajstić information content (AvgIpc) is 4.08. The number of aryl methyl sites for hydroxylation is 1. The largest absolute Gasteiger partial charge is 0.332 e. The summed E-state index contributed by atoms with van der Waals surface area (Å²) in [7, 11) is 0. The summed E-state index contributed by atoms with van der Waals surface area (Å²) in [5, 5.41) is 2.49. The fourth-order valence-corrected chi connectivity index (χ4v) is 11.5. The van der Waals surface area contributed by atoms with Gasteiger partial charge in [0.2, 0.25) is 0 Å². The van der Waals surface area contributed by atoms with Gasteiger partial charge in [-0.15, -0.1) is 0 Å². The molecular weight excluding hydrogens is 775 g/mol. The summed E-state index contributed by atoms with van der Waals surface area (Å²) in [6, 6.07) is 47.6. The molecule has 0 N–H and O–H groups in total. The lowest BCUT2D eigenvalue weighted by Crippen LogP contribution is -2.61. The molecule has 0 saturated carbocycles. The van der Waals surface area contributed by atoms with E-state index in [-0.39, 0.29) is 0 Å². The SMILES string of the molecule is C=C1CC/C(C)=C(\c2ccc(C(C)CC)cc2)c2ccc3n2[C@@]2(C)n4c(cc/c4=C/1c1ccc(C(C)CC)cc1)=C(c1ccc(C(C)CC)cc1)C1=[N+]2C(=C3c2ccc(C)cc2)CC1. The Bertz CT molecular complexity index is 3050. The molecule has 4 aromatic carbocycles.